The zero-order valence-corrected chi connectivity index (χ0v) is 17.3. The predicted molar refractivity (Wildman–Crippen MR) is 106 cm³/mol. The maximum absolute atomic E-state index is 12.3. The minimum atomic E-state index is -1.84. The van der Waals surface area contributed by atoms with Gasteiger partial charge in [-0.1, -0.05) is 6.07 Å². The van der Waals surface area contributed by atoms with Crippen LogP contribution in [-0.2, 0) is 26.2 Å². The highest BCUT2D eigenvalue weighted by molar-refractivity contribution is 5.81. The van der Waals surface area contributed by atoms with Crippen LogP contribution in [-0.4, -0.2) is 76.7 Å². The maximum atomic E-state index is 12.3. The second-order valence-corrected chi connectivity index (χ2v) is 8.82. The Labute approximate surface area is 178 Å². The fourth-order valence-electron chi connectivity index (χ4n) is 6.01. The van der Waals surface area contributed by atoms with Crippen LogP contribution in [0.15, 0.2) is 24.0 Å². The van der Waals surface area contributed by atoms with Crippen LogP contribution in [0.1, 0.15) is 30.4 Å². The number of carbonyl (C=O) groups is 2. The lowest BCUT2D eigenvalue weighted by atomic mass is 9.50. The van der Waals surface area contributed by atoms with Gasteiger partial charge in [0.25, 0.3) is 0 Å². The molecule has 0 amide bonds. The van der Waals surface area contributed by atoms with Crippen molar-refractivity contribution in [3.05, 3.63) is 35.1 Å². The lowest BCUT2D eigenvalue weighted by Crippen LogP contribution is -2.74. The number of esters is 1. The van der Waals surface area contributed by atoms with E-state index in [0.29, 0.717) is 24.3 Å². The number of likely N-dealkylation sites (tertiary alicyclic amines) is 1. The molecule has 1 fully saturated rings. The Morgan fingerprint density at radius 1 is 1.39 bits per heavy atom. The van der Waals surface area contributed by atoms with Crippen molar-refractivity contribution >= 4 is 11.9 Å². The van der Waals surface area contributed by atoms with Gasteiger partial charge in [0.15, 0.2) is 23.7 Å². The van der Waals surface area contributed by atoms with Gasteiger partial charge < -0.3 is 34.4 Å². The number of likely N-dealkylation sites (N-methyl/N-ethyl adjacent to an activating group) is 1. The number of ether oxygens (including phenoxy) is 3. The van der Waals surface area contributed by atoms with E-state index in [-0.39, 0.29) is 18.2 Å². The molecular formula is C22H25NO8. The Hall–Kier alpha value is -2.62. The van der Waals surface area contributed by atoms with Crippen LogP contribution in [0.5, 0.6) is 11.5 Å². The van der Waals surface area contributed by atoms with E-state index in [2.05, 4.69) is 4.90 Å². The highest BCUT2D eigenvalue weighted by atomic mass is 16.6. The number of methoxy groups -OCH3 is 1. The third kappa shape index (κ3) is 2.54. The van der Waals surface area contributed by atoms with Crippen molar-refractivity contribution in [3.8, 4) is 11.5 Å². The summed E-state index contributed by atoms with van der Waals surface area (Å²) in [4.78, 5) is 25.4. The first-order valence-corrected chi connectivity index (χ1v) is 10.3. The van der Waals surface area contributed by atoms with Crippen LogP contribution in [0, 0.1) is 0 Å². The van der Waals surface area contributed by atoms with E-state index in [4.69, 9.17) is 19.3 Å². The molecule has 2 bridgehead atoms. The molecule has 9 heteroatoms. The summed E-state index contributed by atoms with van der Waals surface area (Å²) >= 11 is 0. The fourth-order valence-corrected chi connectivity index (χ4v) is 6.01. The van der Waals surface area contributed by atoms with E-state index in [1.165, 1.54) is 0 Å². The molecule has 0 unspecified atom stereocenters. The lowest BCUT2D eigenvalue weighted by Gasteiger charge is -2.61. The van der Waals surface area contributed by atoms with Gasteiger partial charge >= 0.3 is 11.9 Å². The van der Waals surface area contributed by atoms with E-state index in [0.717, 1.165) is 17.7 Å². The van der Waals surface area contributed by atoms with Gasteiger partial charge in [-0.3, -0.25) is 4.79 Å². The number of nitrogens with zero attached hydrogens (tertiary/aromatic N) is 1. The van der Waals surface area contributed by atoms with E-state index in [9.17, 15) is 19.8 Å². The molecule has 1 aromatic carbocycles. The average Bonchev–Trinajstić information content (AvgIpc) is 3.08. The molecule has 166 valence electrons. The average molecular weight is 431 g/mol. The minimum Gasteiger partial charge on any atom is -0.493 e. The number of aliphatic hydroxyl groups is 2. The fraction of sp³-hybridized carbons (Fsp3) is 0.545. The zero-order chi connectivity index (χ0) is 22.1. The molecule has 9 nitrogen and oxygen atoms in total. The Bertz CT molecular complexity index is 1010. The van der Waals surface area contributed by atoms with Crippen molar-refractivity contribution in [1.29, 1.82) is 0 Å². The summed E-state index contributed by atoms with van der Waals surface area (Å²) in [5.74, 6) is -1.02. The second kappa shape index (κ2) is 6.69. The molecule has 0 aromatic heterocycles. The summed E-state index contributed by atoms with van der Waals surface area (Å²) < 4.78 is 17.4. The van der Waals surface area contributed by atoms with Crippen LogP contribution in [0.4, 0.5) is 0 Å². The molecule has 2 aliphatic carbocycles. The summed E-state index contributed by atoms with van der Waals surface area (Å²) in [7, 11) is 3.56. The first kappa shape index (κ1) is 20.3. The number of rotatable bonds is 5. The Kier molecular flexibility index (Phi) is 4.38. The van der Waals surface area contributed by atoms with Gasteiger partial charge in [0.1, 0.15) is 5.76 Å². The number of carbonyl (C=O) groups excluding carboxylic acids is 1. The molecule has 1 saturated heterocycles. The standard InChI is InChI=1S/C22H25NO8/c1-23-8-7-21-17-11-3-4-13(29-2)18(17)31-19(21)14(5-6-22(21,28)15(23)9-11)30-16(25)10-12(24)20(26)27/h3-5,12,15,19,24,28H,6-10H2,1-2H3,(H,26,27)/t12-,15-,19-,21-,22+/m0/s1. The summed E-state index contributed by atoms with van der Waals surface area (Å²) in [6, 6.07) is 3.73. The van der Waals surface area contributed by atoms with Crippen LogP contribution in [0.25, 0.3) is 0 Å². The van der Waals surface area contributed by atoms with Gasteiger partial charge in [-0.15, -0.1) is 0 Å². The zero-order valence-electron chi connectivity index (χ0n) is 17.3. The van der Waals surface area contributed by atoms with E-state index >= 15 is 0 Å². The Morgan fingerprint density at radius 3 is 2.87 bits per heavy atom. The highest BCUT2D eigenvalue weighted by Crippen LogP contribution is 2.65. The number of hydrogen-bond acceptors (Lipinski definition) is 8. The normalized spacial score (nSPS) is 33.6. The third-order valence-corrected chi connectivity index (χ3v) is 7.43. The van der Waals surface area contributed by atoms with Crippen molar-refractivity contribution in [2.24, 2.45) is 0 Å². The van der Waals surface area contributed by atoms with Gasteiger partial charge in [-0.05, 0) is 44.1 Å². The molecule has 5 rings (SSSR count). The largest absolute Gasteiger partial charge is 0.493 e. The Morgan fingerprint density at radius 2 is 2.16 bits per heavy atom. The highest BCUT2D eigenvalue weighted by Gasteiger charge is 2.72. The molecule has 3 N–H and O–H groups in total. The van der Waals surface area contributed by atoms with Crippen molar-refractivity contribution in [2.75, 3.05) is 20.7 Å². The molecule has 2 heterocycles. The van der Waals surface area contributed by atoms with E-state index in [1.54, 1.807) is 13.2 Å². The number of aliphatic hydroxyl groups excluding tert-OH is 1. The number of carboxylic acid groups (broad SMARTS) is 1. The maximum Gasteiger partial charge on any atom is 0.333 e. The van der Waals surface area contributed by atoms with Gasteiger partial charge in [-0.25, -0.2) is 4.79 Å². The summed E-state index contributed by atoms with van der Waals surface area (Å²) in [5, 5.41) is 30.4. The third-order valence-electron chi connectivity index (χ3n) is 7.43. The lowest BCUT2D eigenvalue weighted by molar-refractivity contribution is -0.170. The van der Waals surface area contributed by atoms with E-state index < -0.39 is 41.6 Å². The van der Waals surface area contributed by atoms with Crippen LogP contribution < -0.4 is 9.47 Å². The summed E-state index contributed by atoms with van der Waals surface area (Å²) in [5.41, 5.74) is 0.0627. The van der Waals surface area contributed by atoms with E-state index in [1.807, 2.05) is 19.2 Å². The molecular weight excluding hydrogens is 406 g/mol. The molecule has 4 aliphatic rings. The smallest absolute Gasteiger partial charge is 0.333 e. The summed E-state index contributed by atoms with van der Waals surface area (Å²) in [6.45, 7) is 0.738. The second-order valence-electron chi connectivity index (χ2n) is 8.82. The van der Waals surface area contributed by atoms with Gasteiger partial charge in [0.2, 0.25) is 0 Å². The molecule has 0 saturated carbocycles. The van der Waals surface area contributed by atoms with Gasteiger partial charge in [0, 0.05) is 18.0 Å². The summed E-state index contributed by atoms with van der Waals surface area (Å²) in [6.07, 6.45) is -0.0812. The van der Waals surface area contributed by atoms with Crippen molar-refractivity contribution < 1.29 is 39.1 Å². The number of benzene rings is 1. The SMILES string of the molecule is COc1ccc2c3c1O[C@H]1C(OC(=O)C[C@H](O)C(=O)O)=CC[C@@]4(O)[C@H](C2)N(C)CC[C@]314. The quantitative estimate of drug-likeness (QED) is 0.566. The molecule has 1 aromatic rings. The predicted octanol–water partition coefficient (Wildman–Crippen LogP) is 0.352. The number of carboxylic acids is 1. The van der Waals surface area contributed by atoms with Crippen LogP contribution >= 0.6 is 0 Å². The number of piperidine rings is 1. The number of hydrogen-bond donors (Lipinski definition) is 3. The monoisotopic (exact) mass is 431 g/mol. The minimum absolute atomic E-state index is 0.124. The molecule has 1 spiro atoms. The van der Waals surface area contributed by atoms with Crippen molar-refractivity contribution in [1.82, 2.24) is 4.90 Å². The Balaban J connectivity index is 1.59. The topological polar surface area (TPSA) is 126 Å². The molecule has 31 heavy (non-hydrogen) atoms. The first-order chi connectivity index (χ1) is 14.7. The van der Waals surface area contributed by atoms with Crippen LogP contribution in [0.3, 0.4) is 0 Å². The first-order valence-electron chi connectivity index (χ1n) is 10.3. The van der Waals surface area contributed by atoms with Crippen molar-refractivity contribution in [2.45, 2.75) is 54.9 Å². The molecule has 2 aliphatic heterocycles. The molecule has 5 atom stereocenters. The number of aliphatic carboxylic acids is 1. The van der Waals surface area contributed by atoms with Crippen LogP contribution in [0.2, 0.25) is 0 Å². The van der Waals surface area contributed by atoms with Crippen molar-refractivity contribution in [3.63, 3.8) is 0 Å². The van der Waals surface area contributed by atoms with Gasteiger partial charge in [0.05, 0.1) is 24.5 Å². The van der Waals surface area contributed by atoms with Gasteiger partial charge in [-0.2, -0.15) is 0 Å². The molecule has 0 radical (unpaired) electrons.